The predicted molar refractivity (Wildman–Crippen MR) is 110 cm³/mol. The van der Waals surface area contributed by atoms with Gasteiger partial charge in [0.25, 0.3) is 5.56 Å². The van der Waals surface area contributed by atoms with E-state index in [-0.39, 0.29) is 11.5 Å². The highest BCUT2D eigenvalue weighted by Gasteiger charge is 2.19. The molecule has 1 N–H and O–H groups in total. The number of rotatable bonds is 5. The SMILES string of the molecule is COc1cccc(NC(=O)[C@H](C)n2nc(-c3cc(C)ccc3C)ccc2=O)c1. The quantitative estimate of drug-likeness (QED) is 0.735. The molecule has 28 heavy (non-hydrogen) atoms. The molecule has 0 fully saturated rings. The number of amides is 1. The molecular formula is C22H23N3O3. The number of aryl methyl sites for hydroxylation is 2. The van der Waals surface area contributed by atoms with Gasteiger partial charge in [0, 0.05) is 23.4 Å². The predicted octanol–water partition coefficient (Wildman–Crippen LogP) is 3.74. The average molecular weight is 377 g/mol. The molecule has 6 nitrogen and oxygen atoms in total. The summed E-state index contributed by atoms with van der Waals surface area (Å²) in [7, 11) is 1.56. The third kappa shape index (κ3) is 4.11. The van der Waals surface area contributed by atoms with Crippen molar-refractivity contribution in [3.8, 4) is 17.0 Å². The summed E-state index contributed by atoms with van der Waals surface area (Å²) in [6, 6.07) is 15.5. The van der Waals surface area contributed by atoms with E-state index in [1.165, 1.54) is 10.7 Å². The first kappa shape index (κ1) is 19.4. The molecule has 3 aromatic rings. The van der Waals surface area contributed by atoms with Crippen molar-refractivity contribution in [1.82, 2.24) is 9.78 Å². The molecule has 0 aliphatic rings. The summed E-state index contributed by atoms with van der Waals surface area (Å²) in [6.07, 6.45) is 0. The molecule has 0 bridgehead atoms. The van der Waals surface area contributed by atoms with Crippen LogP contribution in [0.4, 0.5) is 5.69 Å². The van der Waals surface area contributed by atoms with Crippen molar-refractivity contribution in [3.05, 3.63) is 76.1 Å². The van der Waals surface area contributed by atoms with Crippen LogP contribution < -0.4 is 15.6 Å². The lowest BCUT2D eigenvalue weighted by Crippen LogP contribution is -2.33. The molecule has 0 radical (unpaired) electrons. The van der Waals surface area contributed by atoms with Crippen molar-refractivity contribution in [1.29, 1.82) is 0 Å². The lowest BCUT2D eigenvalue weighted by atomic mass is 10.0. The molecule has 1 heterocycles. The molecular weight excluding hydrogens is 354 g/mol. The third-order valence-corrected chi connectivity index (χ3v) is 4.58. The summed E-state index contributed by atoms with van der Waals surface area (Å²) < 4.78 is 6.38. The molecule has 0 saturated carbocycles. The van der Waals surface area contributed by atoms with Crippen molar-refractivity contribution in [2.45, 2.75) is 26.8 Å². The topological polar surface area (TPSA) is 73.2 Å². The zero-order chi connectivity index (χ0) is 20.3. The lowest BCUT2D eigenvalue weighted by molar-refractivity contribution is -0.119. The highest BCUT2D eigenvalue weighted by Crippen LogP contribution is 2.22. The van der Waals surface area contributed by atoms with Crippen LogP contribution in [0.25, 0.3) is 11.3 Å². The van der Waals surface area contributed by atoms with E-state index in [0.717, 1.165) is 16.7 Å². The number of aromatic nitrogens is 2. The molecule has 1 aromatic heterocycles. The first-order valence-electron chi connectivity index (χ1n) is 9.01. The minimum absolute atomic E-state index is 0.331. The number of benzene rings is 2. The number of carbonyl (C=O) groups excluding carboxylic acids is 1. The summed E-state index contributed by atoms with van der Waals surface area (Å²) in [5.41, 5.74) is 4.01. The minimum atomic E-state index is -0.774. The van der Waals surface area contributed by atoms with Gasteiger partial charge in [-0.25, -0.2) is 4.68 Å². The maximum atomic E-state index is 12.7. The number of nitrogens with zero attached hydrogens (tertiary/aromatic N) is 2. The molecule has 0 saturated heterocycles. The van der Waals surface area contributed by atoms with Crippen LogP contribution in [0.5, 0.6) is 5.75 Å². The van der Waals surface area contributed by atoms with Crippen LogP contribution in [0, 0.1) is 13.8 Å². The standard InChI is InChI=1S/C22H23N3O3/c1-14-8-9-15(2)19(12-14)20-10-11-21(26)25(24-20)16(3)22(27)23-17-6-5-7-18(13-17)28-4/h5-13,16H,1-4H3,(H,23,27)/t16-/m0/s1. The Hall–Kier alpha value is -3.41. The van der Waals surface area contributed by atoms with Gasteiger partial charge in [-0.2, -0.15) is 5.10 Å². The van der Waals surface area contributed by atoms with Crippen LogP contribution in [0.15, 0.2) is 59.4 Å². The second-order valence-electron chi connectivity index (χ2n) is 6.72. The van der Waals surface area contributed by atoms with Crippen molar-refractivity contribution < 1.29 is 9.53 Å². The van der Waals surface area contributed by atoms with Crippen LogP contribution in [0.2, 0.25) is 0 Å². The summed E-state index contributed by atoms with van der Waals surface area (Å²) in [6.45, 7) is 5.64. The number of carbonyl (C=O) groups is 1. The van der Waals surface area contributed by atoms with E-state index in [1.807, 2.05) is 32.0 Å². The van der Waals surface area contributed by atoms with Gasteiger partial charge in [0.05, 0.1) is 12.8 Å². The Kier molecular flexibility index (Phi) is 5.59. The molecule has 0 unspecified atom stereocenters. The van der Waals surface area contributed by atoms with Gasteiger partial charge in [0.15, 0.2) is 0 Å². The number of anilines is 1. The Morgan fingerprint density at radius 3 is 2.64 bits per heavy atom. The molecule has 2 aromatic carbocycles. The summed E-state index contributed by atoms with van der Waals surface area (Å²) in [4.78, 5) is 25.0. The van der Waals surface area contributed by atoms with E-state index in [0.29, 0.717) is 17.1 Å². The molecule has 1 atom stereocenters. The van der Waals surface area contributed by atoms with Gasteiger partial charge in [0.2, 0.25) is 5.91 Å². The highest BCUT2D eigenvalue weighted by atomic mass is 16.5. The maximum Gasteiger partial charge on any atom is 0.267 e. The first-order valence-corrected chi connectivity index (χ1v) is 9.01. The van der Waals surface area contributed by atoms with E-state index in [2.05, 4.69) is 10.4 Å². The molecule has 144 valence electrons. The van der Waals surface area contributed by atoms with Gasteiger partial charge in [-0.05, 0) is 50.6 Å². The number of methoxy groups -OCH3 is 1. The summed E-state index contributed by atoms with van der Waals surface area (Å²) in [5, 5.41) is 7.26. The van der Waals surface area contributed by atoms with E-state index < -0.39 is 6.04 Å². The van der Waals surface area contributed by atoms with Gasteiger partial charge < -0.3 is 10.1 Å². The number of nitrogens with one attached hydrogen (secondary N) is 1. The van der Waals surface area contributed by atoms with E-state index >= 15 is 0 Å². The monoisotopic (exact) mass is 377 g/mol. The van der Waals surface area contributed by atoms with Gasteiger partial charge >= 0.3 is 0 Å². The third-order valence-electron chi connectivity index (χ3n) is 4.58. The smallest absolute Gasteiger partial charge is 0.267 e. The first-order chi connectivity index (χ1) is 13.4. The fraction of sp³-hybridized carbons (Fsp3) is 0.227. The van der Waals surface area contributed by atoms with Gasteiger partial charge in [-0.1, -0.05) is 23.8 Å². The van der Waals surface area contributed by atoms with Crippen molar-refractivity contribution in [3.63, 3.8) is 0 Å². The zero-order valence-corrected chi connectivity index (χ0v) is 16.4. The second kappa shape index (κ2) is 8.08. The van der Waals surface area contributed by atoms with Crippen LogP contribution in [-0.4, -0.2) is 22.8 Å². The normalized spacial score (nSPS) is 11.7. The maximum absolute atomic E-state index is 12.7. The van der Waals surface area contributed by atoms with E-state index in [4.69, 9.17) is 4.74 Å². The Morgan fingerprint density at radius 2 is 1.89 bits per heavy atom. The second-order valence-corrected chi connectivity index (χ2v) is 6.72. The van der Waals surface area contributed by atoms with Gasteiger partial charge in [0.1, 0.15) is 11.8 Å². The van der Waals surface area contributed by atoms with Gasteiger partial charge in [-0.15, -0.1) is 0 Å². The average Bonchev–Trinajstić information content (AvgIpc) is 2.70. The Balaban J connectivity index is 1.90. The van der Waals surface area contributed by atoms with Crippen LogP contribution in [0.3, 0.4) is 0 Å². The van der Waals surface area contributed by atoms with Gasteiger partial charge in [-0.3, -0.25) is 9.59 Å². The fourth-order valence-electron chi connectivity index (χ4n) is 2.92. The molecule has 0 aliphatic heterocycles. The number of hydrogen-bond acceptors (Lipinski definition) is 4. The Labute approximate surface area is 163 Å². The Bertz CT molecular complexity index is 1070. The molecule has 6 heteroatoms. The van der Waals surface area contributed by atoms with Crippen molar-refractivity contribution in [2.24, 2.45) is 0 Å². The molecule has 1 amide bonds. The highest BCUT2D eigenvalue weighted by molar-refractivity contribution is 5.93. The zero-order valence-electron chi connectivity index (χ0n) is 16.4. The van der Waals surface area contributed by atoms with E-state index in [1.54, 1.807) is 44.4 Å². The van der Waals surface area contributed by atoms with Crippen LogP contribution in [-0.2, 0) is 4.79 Å². The molecule has 0 spiro atoms. The molecule has 3 rings (SSSR count). The van der Waals surface area contributed by atoms with E-state index in [9.17, 15) is 9.59 Å². The van der Waals surface area contributed by atoms with Crippen LogP contribution in [0.1, 0.15) is 24.1 Å². The Morgan fingerprint density at radius 1 is 1.11 bits per heavy atom. The summed E-state index contributed by atoms with van der Waals surface area (Å²) in [5.74, 6) is 0.304. The number of ether oxygens (including phenoxy) is 1. The number of hydrogen-bond donors (Lipinski definition) is 1. The summed E-state index contributed by atoms with van der Waals surface area (Å²) >= 11 is 0. The molecule has 0 aliphatic carbocycles. The van der Waals surface area contributed by atoms with Crippen molar-refractivity contribution >= 4 is 11.6 Å². The fourth-order valence-corrected chi connectivity index (χ4v) is 2.92. The van der Waals surface area contributed by atoms with Crippen LogP contribution >= 0.6 is 0 Å². The lowest BCUT2D eigenvalue weighted by Gasteiger charge is -2.16. The van der Waals surface area contributed by atoms with Crippen molar-refractivity contribution in [2.75, 3.05) is 12.4 Å². The minimum Gasteiger partial charge on any atom is -0.497 e. The largest absolute Gasteiger partial charge is 0.497 e.